The van der Waals surface area contributed by atoms with Crippen LogP contribution in [0.25, 0.3) is 0 Å². The van der Waals surface area contributed by atoms with Gasteiger partial charge in [-0.2, -0.15) is 0 Å². The second-order valence-electron chi connectivity index (χ2n) is 5.55. The van der Waals surface area contributed by atoms with Crippen LogP contribution in [0.5, 0.6) is 0 Å². The predicted molar refractivity (Wildman–Crippen MR) is 88.1 cm³/mol. The minimum Gasteiger partial charge on any atom is -0.335 e. The monoisotopic (exact) mass is 358 g/mol. The van der Waals surface area contributed by atoms with Crippen LogP contribution in [-0.2, 0) is 6.54 Å². The quantitative estimate of drug-likeness (QED) is 0.829. The maximum atomic E-state index is 12.2. The van der Waals surface area contributed by atoms with Gasteiger partial charge in [0.2, 0.25) is 0 Å². The zero-order valence-electron chi connectivity index (χ0n) is 12.0. The number of hydrogen-bond donors (Lipinski definition) is 1. The average molecular weight is 359 g/mol. The van der Waals surface area contributed by atoms with E-state index in [1.165, 1.54) is 37.0 Å². The van der Waals surface area contributed by atoms with Gasteiger partial charge in [-0.15, -0.1) is 11.3 Å². The Labute approximate surface area is 133 Å². The number of rotatable bonds is 3. The van der Waals surface area contributed by atoms with E-state index in [9.17, 15) is 4.79 Å². The molecule has 0 bridgehead atoms. The van der Waals surface area contributed by atoms with Gasteiger partial charge in [0.1, 0.15) is 0 Å². The normalized spacial score (nSPS) is 17.3. The molecule has 1 N–H and O–H groups in total. The molecule has 112 valence electrons. The summed E-state index contributed by atoms with van der Waals surface area (Å²) >= 11 is 5.13. The Morgan fingerprint density at radius 3 is 2.55 bits per heavy atom. The molecule has 0 spiro atoms. The molecular formula is C15H23BrN2OS. The minimum atomic E-state index is 0.0556. The molecule has 0 unspecified atom stereocenters. The van der Waals surface area contributed by atoms with E-state index in [0.29, 0.717) is 12.6 Å². The number of carbonyl (C=O) groups is 1. The van der Waals surface area contributed by atoms with Crippen molar-refractivity contribution in [3.63, 3.8) is 0 Å². The molecule has 1 saturated carbocycles. The van der Waals surface area contributed by atoms with Gasteiger partial charge < -0.3 is 10.2 Å². The lowest BCUT2D eigenvalue weighted by Gasteiger charge is -2.24. The minimum absolute atomic E-state index is 0.0556. The lowest BCUT2D eigenvalue weighted by molar-refractivity contribution is 0.200. The highest BCUT2D eigenvalue weighted by molar-refractivity contribution is 9.11. The van der Waals surface area contributed by atoms with Crippen LogP contribution in [0.1, 0.15) is 49.8 Å². The summed E-state index contributed by atoms with van der Waals surface area (Å²) in [5.41, 5.74) is 0. The summed E-state index contributed by atoms with van der Waals surface area (Å²) in [6, 6.07) is 4.51. The van der Waals surface area contributed by atoms with E-state index in [1.54, 1.807) is 16.2 Å². The third-order valence-corrected chi connectivity index (χ3v) is 5.41. The molecule has 2 amide bonds. The van der Waals surface area contributed by atoms with E-state index in [2.05, 4.69) is 27.3 Å². The Hall–Kier alpha value is -0.550. The smallest absolute Gasteiger partial charge is 0.317 e. The lowest BCUT2D eigenvalue weighted by atomic mass is 9.97. The summed E-state index contributed by atoms with van der Waals surface area (Å²) in [5, 5.41) is 3.19. The number of halogens is 1. The fourth-order valence-corrected chi connectivity index (χ4v) is 4.16. The van der Waals surface area contributed by atoms with Crippen LogP contribution in [0, 0.1) is 0 Å². The number of carbonyl (C=O) groups excluding carboxylic acids is 1. The second-order valence-corrected chi connectivity index (χ2v) is 8.10. The van der Waals surface area contributed by atoms with Gasteiger partial charge in [-0.1, -0.05) is 32.1 Å². The lowest BCUT2D eigenvalue weighted by Crippen LogP contribution is -2.42. The molecule has 5 heteroatoms. The molecule has 1 fully saturated rings. The van der Waals surface area contributed by atoms with Crippen LogP contribution in [0.2, 0.25) is 0 Å². The first-order chi connectivity index (χ1) is 9.65. The van der Waals surface area contributed by atoms with Gasteiger partial charge in [0.25, 0.3) is 0 Å². The van der Waals surface area contributed by atoms with Crippen molar-refractivity contribution in [2.45, 2.75) is 57.5 Å². The molecular weight excluding hydrogens is 336 g/mol. The summed E-state index contributed by atoms with van der Waals surface area (Å²) in [4.78, 5) is 15.2. The average Bonchev–Trinajstić information content (AvgIpc) is 2.77. The summed E-state index contributed by atoms with van der Waals surface area (Å²) in [6.45, 7) is 0.675. The van der Waals surface area contributed by atoms with Gasteiger partial charge in [0.05, 0.1) is 10.3 Å². The predicted octanol–water partition coefficient (Wildman–Crippen LogP) is 4.76. The largest absolute Gasteiger partial charge is 0.335 e. The molecule has 1 aromatic rings. The third kappa shape index (κ3) is 5.09. The van der Waals surface area contributed by atoms with Gasteiger partial charge in [-0.05, 0) is 40.9 Å². The fraction of sp³-hybridized carbons (Fsp3) is 0.667. The van der Waals surface area contributed by atoms with Crippen molar-refractivity contribution in [2.75, 3.05) is 7.05 Å². The van der Waals surface area contributed by atoms with Crippen molar-refractivity contribution < 1.29 is 4.79 Å². The van der Waals surface area contributed by atoms with Crippen LogP contribution in [0.3, 0.4) is 0 Å². The molecule has 0 aliphatic heterocycles. The highest BCUT2D eigenvalue weighted by atomic mass is 79.9. The Morgan fingerprint density at radius 2 is 1.95 bits per heavy atom. The zero-order valence-corrected chi connectivity index (χ0v) is 14.4. The van der Waals surface area contributed by atoms with Gasteiger partial charge in [-0.3, -0.25) is 0 Å². The molecule has 1 aliphatic carbocycles. The van der Waals surface area contributed by atoms with Crippen LogP contribution in [0.15, 0.2) is 15.9 Å². The SMILES string of the molecule is CN(Cc1ccc(Br)s1)C(=O)NC1CCCCCCC1. The Morgan fingerprint density at radius 1 is 1.30 bits per heavy atom. The van der Waals surface area contributed by atoms with Crippen LogP contribution >= 0.6 is 27.3 Å². The van der Waals surface area contributed by atoms with Crippen molar-refractivity contribution in [1.82, 2.24) is 10.2 Å². The maximum absolute atomic E-state index is 12.2. The maximum Gasteiger partial charge on any atom is 0.317 e. The third-order valence-electron chi connectivity index (χ3n) is 3.80. The van der Waals surface area contributed by atoms with E-state index in [0.717, 1.165) is 16.6 Å². The van der Waals surface area contributed by atoms with Crippen molar-refractivity contribution in [2.24, 2.45) is 0 Å². The Kier molecular flexibility index (Phi) is 6.36. The first-order valence-electron chi connectivity index (χ1n) is 7.41. The van der Waals surface area contributed by atoms with Crippen LogP contribution in [-0.4, -0.2) is 24.0 Å². The van der Waals surface area contributed by atoms with Crippen molar-refractivity contribution in [1.29, 1.82) is 0 Å². The van der Waals surface area contributed by atoms with E-state index < -0.39 is 0 Å². The zero-order chi connectivity index (χ0) is 14.4. The van der Waals surface area contributed by atoms with E-state index in [1.807, 2.05) is 13.1 Å². The molecule has 1 heterocycles. The summed E-state index contributed by atoms with van der Waals surface area (Å²) < 4.78 is 1.11. The van der Waals surface area contributed by atoms with Crippen molar-refractivity contribution in [3.8, 4) is 0 Å². The fourth-order valence-electron chi connectivity index (χ4n) is 2.63. The molecule has 3 nitrogen and oxygen atoms in total. The summed E-state index contributed by atoms with van der Waals surface area (Å²) in [5.74, 6) is 0. The van der Waals surface area contributed by atoms with Gasteiger partial charge in [0, 0.05) is 18.0 Å². The number of hydrogen-bond acceptors (Lipinski definition) is 2. The topological polar surface area (TPSA) is 32.3 Å². The summed E-state index contributed by atoms with van der Waals surface area (Å²) in [6.07, 6.45) is 8.72. The number of nitrogens with zero attached hydrogens (tertiary/aromatic N) is 1. The Bertz CT molecular complexity index is 427. The molecule has 0 radical (unpaired) electrons. The van der Waals surface area contributed by atoms with Crippen molar-refractivity contribution in [3.05, 3.63) is 20.8 Å². The molecule has 0 aromatic carbocycles. The number of nitrogens with one attached hydrogen (secondary N) is 1. The molecule has 0 saturated heterocycles. The standard InChI is InChI=1S/C15H23BrN2OS/c1-18(11-13-9-10-14(16)20-13)15(19)17-12-7-5-3-2-4-6-8-12/h9-10,12H,2-8,11H2,1H3,(H,17,19). The number of amides is 2. The summed E-state index contributed by atoms with van der Waals surface area (Å²) in [7, 11) is 1.87. The van der Waals surface area contributed by atoms with Gasteiger partial charge in [-0.25, -0.2) is 4.79 Å². The van der Waals surface area contributed by atoms with Crippen LogP contribution < -0.4 is 5.32 Å². The van der Waals surface area contributed by atoms with Gasteiger partial charge in [0.15, 0.2) is 0 Å². The van der Waals surface area contributed by atoms with Crippen LogP contribution in [0.4, 0.5) is 4.79 Å². The second kappa shape index (κ2) is 8.03. The molecule has 1 aliphatic rings. The highest BCUT2D eigenvalue weighted by Crippen LogP contribution is 2.23. The van der Waals surface area contributed by atoms with E-state index in [-0.39, 0.29) is 6.03 Å². The molecule has 20 heavy (non-hydrogen) atoms. The number of urea groups is 1. The first kappa shape index (κ1) is 15.8. The van der Waals surface area contributed by atoms with E-state index in [4.69, 9.17) is 0 Å². The molecule has 0 atom stereocenters. The molecule has 2 rings (SSSR count). The number of thiophene rings is 1. The van der Waals surface area contributed by atoms with Crippen molar-refractivity contribution >= 4 is 33.3 Å². The highest BCUT2D eigenvalue weighted by Gasteiger charge is 2.17. The van der Waals surface area contributed by atoms with Gasteiger partial charge >= 0.3 is 6.03 Å². The Balaban J connectivity index is 1.80. The molecule has 1 aromatic heterocycles. The first-order valence-corrected chi connectivity index (χ1v) is 9.02. The van der Waals surface area contributed by atoms with E-state index >= 15 is 0 Å².